The molecule has 0 fully saturated rings. The monoisotopic (exact) mass is 505 g/mol. The minimum absolute atomic E-state index is 0.102. The lowest BCUT2D eigenvalue weighted by molar-refractivity contribution is -0.120. The molecule has 1 aliphatic rings. The van der Waals surface area contributed by atoms with Crippen LogP contribution in [-0.4, -0.2) is 41.3 Å². The number of anilines is 1. The zero-order valence-corrected chi connectivity index (χ0v) is 22.9. The molecule has 2 rings (SSSR count). The Labute approximate surface area is 213 Å². The Bertz CT molecular complexity index is 916. The number of amides is 1. The highest BCUT2D eigenvalue weighted by molar-refractivity contribution is 7.98. The summed E-state index contributed by atoms with van der Waals surface area (Å²) < 4.78 is 5.71. The van der Waals surface area contributed by atoms with Crippen LogP contribution in [0.1, 0.15) is 74.9 Å². The highest BCUT2D eigenvalue weighted by Crippen LogP contribution is 2.39. The topological polar surface area (TPSA) is 66.8 Å². The number of hydrogen-bond acceptors (Lipinski definition) is 5. The van der Waals surface area contributed by atoms with E-state index in [0.29, 0.717) is 17.5 Å². The average Bonchev–Trinajstić information content (AvgIpc) is 3.25. The molecule has 3 unspecified atom stereocenters. The second-order valence-corrected chi connectivity index (χ2v) is 11.0. The normalized spacial score (nSPS) is 17.2. The number of thiophene rings is 1. The van der Waals surface area contributed by atoms with E-state index in [-0.39, 0.29) is 28.8 Å². The van der Waals surface area contributed by atoms with E-state index in [1.54, 1.807) is 16.7 Å². The van der Waals surface area contributed by atoms with Crippen LogP contribution in [0.25, 0.3) is 5.57 Å². The summed E-state index contributed by atoms with van der Waals surface area (Å²) in [4.78, 5) is 28.7. The summed E-state index contributed by atoms with van der Waals surface area (Å²) in [6.07, 6.45) is 16.1. The van der Waals surface area contributed by atoms with Crippen molar-refractivity contribution in [2.24, 2.45) is 11.8 Å². The molecule has 0 radical (unpaired) electrons. The number of carboxylic acid groups (broad SMARTS) is 1. The van der Waals surface area contributed by atoms with Gasteiger partial charge in [-0.15, -0.1) is 23.1 Å². The summed E-state index contributed by atoms with van der Waals surface area (Å²) in [5, 5.41) is 10.0. The lowest BCUT2D eigenvalue weighted by Crippen LogP contribution is -2.41. The molecule has 0 aromatic carbocycles. The van der Waals surface area contributed by atoms with Crippen LogP contribution < -0.4 is 4.90 Å². The quantitative estimate of drug-likeness (QED) is 0.239. The molecule has 1 aromatic rings. The third-order valence-corrected chi connectivity index (χ3v) is 7.26. The number of rotatable bonds is 12. The summed E-state index contributed by atoms with van der Waals surface area (Å²) in [5.74, 6) is -0.570. The van der Waals surface area contributed by atoms with E-state index in [2.05, 4.69) is 19.9 Å². The minimum atomic E-state index is -1.00. The van der Waals surface area contributed by atoms with Crippen LogP contribution in [0.15, 0.2) is 36.4 Å². The summed E-state index contributed by atoms with van der Waals surface area (Å²) in [6, 6.07) is 1.57. The van der Waals surface area contributed by atoms with Gasteiger partial charge in [0.1, 0.15) is 4.88 Å². The second-order valence-electron chi connectivity index (χ2n) is 9.13. The highest BCUT2D eigenvalue weighted by atomic mass is 32.2. The maximum Gasteiger partial charge on any atom is 0.348 e. The van der Waals surface area contributed by atoms with Crippen molar-refractivity contribution >= 4 is 46.2 Å². The lowest BCUT2D eigenvalue weighted by atomic mass is 9.98. The average molecular weight is 506 g/mol. The standard InChI is InChI=1S/C27H39NO4S2/c1-18(2)12-13-19(3)26(29)28(20(4)14-15-21(5)32-17-33-6)23-16-24(34-25(23)27(30)31)22-10-8-7-9-11-22/h10,12-16,18-21H,7-9,11,17H2,1-6H3,(H,30,31)/b13-12+,15-14+. The van der Waals surface area contributed by atoms with Crippen molar-refractivity contribution in [1.82, 2.24) is 0 Å². The first-order valence-electron chi connectivity index (χ1n) is 12.0. The number of carbonyl (C=O) groups excluding carboxylic acids is 1. The molecule has 1 aromatic heterocycles. The van der Waals surface area contributed by atoms with E-state index < -0.39 is 5.97 Å². The Morgan fingerprint density at radius 3 is 2.47 bits per heavy atom. The Morgan fingerprint density at radius 2 is 1.88 bits per heavy atom. The van der Waals surface area contributed by atoms with Gasteiger partial charge in [0.25, 0.3) is 0 Å². The highest BCUT2D eigenvalue weighted by Gasteiger charge is 2.30. The van der Waals surface area contributed by atoms with E-state index in [4.69, 9.17) is 4.74 Å². The van der Waals surface area contributed by atoms with Crippen molar-refractivity contribution in [3.63, 3.8) is 0 Å². The van der Waals surface area contributed by atoms with Gasteiger partial charge in [0.05, 0.1) is 29.7 Å². The third-order valence-electron chi connectivity index (χ3n) is 5.70. The summed E-state index contributed by atoms with van der Waals surface area (Å²) in [7, 11) is 0. The number of ether oxygens (including phenoxy) is 1. The predicted molar refractivity (Wildman–Crippen MR) is 146 cm³/mol. The van der Waals surface area contributed by atoms with E-state index in [9.17, 15) is 14.7 Å². The predicted octanol–water partition coefficient (Wildman–Crippen LogP) is 7.26. The van der Waals surface area contributed by atoms with Crippen molar-refractivity contribution in [1.29, 1.82) is 0 Å². The van der Waals surface area contributed by atoms with E-state index in [1.165, 1.54) is 16.9 Å². The van der Waals surface area contributed by atoms with Crippen molar-refractivity contribution in [3.05, 3.63) is 46.2 Å². The molecule has 1 heterocycles. The van der Waals surface area contributed by atoms with Gasteiger partial charge in [-0.25, -0.2) is 4.79 Å². The molecule has 1 N–H and O–H groups in total. The molecule has 7 heteroatoms. The van der Waals surface area contributed by atoms with E-state index >= 15 is 0 Å². The fraction of sp³-hybridized carbons (Fsp3) is 0.556. The first kappa shape index (κ1) is 28.4. The summed E-state index contributed by atoms with van der Waals surface area (Å²) in [5.41, 5.74) is 1.66. The van der Waals surface area contributed by atoms with Gasteiger partial charge in [-0.3, -0.25) is 4.79 Å². The van der Waals surface area contributed by atoms with Crippen molar-refractivity contribution in [2.75, 3.05) is 17.1 Å². The van der Waals surface area contributed by atoms with Gasteiger partial charge in [0.2, 0.25) is 5.91 Å². The van der Waals surface area contributed by atoms with E-state index in [0.717, 1.165) is 30.6 Å². The molecule has 0 spiro atoms. The fourth-order valence-corrected chi connectivity index (χ4v) is 5.20. The number of allylic oxidation sites excluding steroid dienone is 3. The first-order valence-corrected chi connectivity index (χ1v) is 14.2. The van der Waals surface area contributed by atoms with Crippen molar-refractivity contribution < 1.29 is 19.4 Å². The molecule has 188 valence electrons. The third kappa shape index (κ3) is 8.14. The number of thioether (sulfide) groups is 1. The molecule has 1 aliphatic carbocycles. The van der Waals surface area contributed by atoms with Crippen molar-refractivity contribution in [2.45, 2.75) is 72.4 Å². The van der Waals surface area contributed by atoms with Crippen LogP contribution in [0.5, 0.6) is 0 Å². The number of nitrogens with zero attached hydrogens (tertiary/aromatic N) is 1. The maximum atomic E-state index is 13.7. The van der Waals surface area contributed by atoms with Crippen LogP contribution in [-0.2, 0) is 9.53 Å². The Kier molecular flexibility index (Phi) is 11.6. The summed E-state index contributed by atoms with van der Waals surface area (Å²) in [6.45, 7) is 9.89. The molecule has 34 heavy (non-hydrogen) atoms. The number of hydrogen-bond donors (Lipinski definition) is 1. The Hall–Kier alpha value is -1.83. The molecule has 3 atom stereocenters. The van der Waals surface area contributed by atoms with E-state index in [1.807, 2.05) is 57.4 Å². The first-order chi connectivity index (χ1) is 16.1. The maximum absolute atomic E-state index is 13.7. The van der Waals surface area contributed by atoms with Crippen LogP contribution in [0, 0.1) is 11.8 Å². The second kappa shape index (κ2) is 13.9. The number of aromatic carboxylic acids is 1. The van der Waals surface area contributed by atoms with Gasteiger partial charge >= 0.3 is 5.97 Å². The molecular formula is C27H39NO4S2. The minimum Gasteiger partial charge on any atom is -0.477 e. The smallest absolute Gasteiger partial charge is 0.348 e. The molecule has 0 bridgehead atoms. The molecule has 0 saturated heterocycles. The van der Waals surface area contributed by atoms with Crippen LogP contribution in [0.2, 0.25) is 0 Å². The molecule has 1 amide bonds. The fourth-order valence-electron chi connectivity index (χ4n) is 3.80. The van der Waals surface area contributed by atoms with Crippen molar-refractivity contribution in [3.8, 4) is 0 Å². The van der Waals surface area contributed by atoms with Crippen LogP contribution in [0.4, 0.5) is 5.69 Å². The SMILES string of the molecule is CSCOC(C)/C=C/C(C)N(C(=O)C(C)/C=C/C(C)C)c1cc(C2=CCCCC2)sc1C(=O)O. The van der Waals surface area contributed by atoms with Crippen LogP contribution >= 0.6 is 23.1 Å². The molecule has 5 nitrogen and oxygen atoms in total. The van der Waals surface area contributed by atoms with Gasteiger partial charge in [-0.05, 0) is 63.3 Å². The van der Waals surface area contributed by atoms with Gasteiger partial charge in [0, 0.05) is 4.88 Å². The molecule has 0 saturated carbocycles. The zero-order chi connectivity index (χ0) is 25.3. The van der Waals surface area contributed by atoms with Gasteiger partial charge in [0.15, 0.2) is 0 Å². The lowest BCUT2D eigenvalue weighted by Gasteiger charge is -2.29. The summed E-state index contributed by atoms with van der Waals surface area (Å²) >= 11 is 2.88. The van der Waals surface area contributed by atoms with Crippen LogP contribution in [0.3, 0.4) is 0 Å². The van der Waals surface area contributed by atoms with Gasteiger partial charge in [-0.1, -0.05) is 51.2 Å². The number of carboxylic acids is 1. The zero-order valence-electron chi connectivity index (χ0n) is 21.2. The number of carbonyl (C=O) groups is 2. The molecular weight excluding hydrogens is 466 g/mol. The Morgan fingerprint density at radius 1 is 1.15 bits per heavy atom. The molecule has 0 aliphatic heterocycles. The van der Waals surface area contributed by atoms with Gasteiger partial charge in [-0.2, -0.15) is 0 Å². The largest absolute Gasteiger partial charge is 0.477 e. The Balaban J connectivity index is 2.48. The van der Waals surface area contributed by atoms with Gasteiger partial charge < -0.3 is 14.7 Å².